The molecule has 1 aliphatic carbocycles. The lowest BCUT2D eigenvalue weighted by Gasteiger charge is -2.33. The monoisotopic (exact) mass is 441 g/mol. The molecule has 8 heteroatoms. The van der Waals surface area contributed by atoms with Gasteiger partial charge in [-0.3, -0.25) is 4.79 Å². The lowest BCUT2D eigenvalue weighted by molar-refractivity contribution is -0.128. The Bertz CT molecular complexity index is 816. The van der Waals surface area contributed by atoms with Crippen molar-refractivity contribution in [3.05, 3.63) is 29.8 Å². The van der Waals surface area contributed by atoms with Gasteiger partial charge in [0.05, 0.1) is 0 Å². The van der Waals surface area contributed by atoms with Crippen molar-refractivity contribution in [1.82, 2.24) is 20.4 Å². The lowest BCUT2D eigenvalue weighted by atomic mass is 9.96. The molecule has 2 heterocycles. The minimum absolute atomic E-state index is 0.0758. The first-order valence-corrected chi connectivity index (χ1v) is 12.1. The minimum Gasteiger partial charge on any atom is -0.338 e. The maximum atomic E-state index is 12.7. The molecule has 0 radical (unpaired) electrons. The minimum atomic E-state index is -0.121. The summed E-state index contributed by atoms with van der Waals surface area (Å²) in [4.78, 5) is 40.5. The highest BCUT2D eigenvalue weighted by Gasteiger charge is 2.25. The van der Waals surface area contributed by atoms with Crippen molar-refractivity contribution in [2.24, 2.45) is 0 Å². The van der Waals surface area contributed by atoms with Gasteiger partial charge in [0.25, 0.3) is 0 Å². The largest absolute Gasteiger partial charge is 0.338 e. The number of benzene rings is 1. The highest BCUT2D eigenvalue weighted by molar-refractivity contribution is 5.89. The van der Waals surface area contributed by atoms with Gasteiger partial charge in [-0.1, -0.05) is 31.4 Å². The molecule has 0 unspecified atom stereocenters. The van der Waals surface area contributed by atoms with E-state index in [-0.39, 0.29) is 24.0 Å². The van der Waals surface area contributed by atoms with E-state index < -0.39 is 0 Å². The van der Waals surface area contributed by atoms with Crippen molar-refractivity contribution in [3.8, 4) is 0 Å². The fourth-order valence-corrected chi connectivity index (χ4v) is 4.93. The average molecular weight is 442 g/mol. The van der Waals surface area contributed by atoms with Gasteiger partial charge in [0, 0.05) is 50.4 Å². The third kappa shape index (κ3) is 6.14. The molecule has 5 amide bonds. The summed E-state index contributed by atoms with van der Waals surface area (Å²) in [6.07, 6.45) is 8.85. The molecule has 4 rings (SSSR count). The molecule has 1 aromatic rings. The fourth-order valence-electron chi connectivity index (χ4n) is 4.93. The van der Waals surface area contributed by atoms with Crippen molar-refractivity contribution in [1.29, 1.82) is 0 Å². The van der Waals surface area contributed by atoms with Crippen LogP contribution >= 0.6 is 0 Å². The van der Waals surface area contributed by atoms with Gasteiger partial charge < -0.3 is 25.8 Å². The van der Waals surface area contributed by atoms with Crippen LogP contribution in [0.3, 0.4) is 0 Å². The van der Waals surface area contributed by atoms with E-state index in [0.717, 1.165) is 49.9 Å². The molecule has 174 valence electrons. The summed E-state index contributed by atoms with van der Waals surface area (Å²) >= 11 is 0. The molecule has 0 bridgehead atoms. The third-order valence-corrected chi connectivity index (χ3v) is 6.78. The van der Waals surface area contributed by atoms with Crippen LogP contribution in [0.15, 0.2) is 24.3 Å². The number of rotatable bonds is 5. The molecule has 1 saturated carbocycles. The van der Waals surface area contributed by atoms with E-state index in [2.05, 4.69) is 16.0 Å². The first-order chi connectivity index (χ1) is 15.6. The summed E-state index contributed by atoms with van der Waals surface area (Å²) in [7, 11) is 0. The summed E-state index contributed by atoms with van der Waals surface area (Å²) in [5.41, 5.74) is 1.76. The zero-order valence-electron chi connectivity index (χ0n) is 18.8. The Kier molecular flexibility index (Phi) is 7.50. The van der Waals surface area contributed by atoms with Crippen molar-refractivity contribution >= 4 is 23.7 Å². The van der Waals surface area contributed by atoms with Crippen molar-refractivity contribution in [2.45, 2.75) is 76.4 Å². The third-order valence-electron chi connectivity index (χ3n) is 6.78. The van der Waals surface area contributed by atoms with Crippen LogP contribution in [0.5, 0.6) is 0 Å². The van der Waals surface area contributed by atoms with Crippen LogP contribution in [0, 0.1) is 0 Å². The van der Waals surface area contributed by atoms with E-state index in [4.69, 9.17) is 0 Å². The van der Waals surface area contributed by atoms with Gasteiger partial charge in [0.15, 0.2) is 0 Å². The number of nitrogens with one attached hydrogen (secondary N) is 3. The molecule has 0 spiro atoms. The average Bonchev–Trinajstić information content (AvgIpc) is 3.19. The molecule has 2 aliphatic heterocycles. The number of nitrogens with zero attached hydrogens (tertiary/aromatic N) is 2. The second-order valence-electron chi connectivity index (χ2n) is 9.26. The van der Waals surface area contributed by atoms with E-state index >= 15 is 0 Å². The Labute approximate surface area is 190 Å². The Morgan fingerprint density at radius 2 is 1.62 bits per heavy atom. The van der Waals surface area contributed by atoms with E-state index in [0.29, 0.717) is 32.1 Å². The number of carbonyl (C=O) groups excluding carboxylic acids is 3. The van der Waals surface area contributed by atoms with Crippen molar-refractivity contribution < 1.29 is 14.4 Å². The summed E-state index contributed by atoms with van der Waals surface area (Å²) in [5.74, 6) is 0.198. The molecule has 3 aliphatic rings. The van der Waals surface area contributed by atoms with E-state index in [1.165, 1.54) is 19.3 Å². The summed E-state index contributed by atoms with van der Waals surface area (Å²) in [6, 6.07) is 7.91. The number of piperidine rings is 1. The Balaban J connectivity index is 1.20. The number of anilines is 1. The standard InChI is InChI=1S/C24H35N5O3/c30-22-10-5-13-29(22)17-18-6-4-9-21(16-18)27-24(32)28-14-11-20(12-15-28)26-23(31)25-19-7-2-1-3-8-19/h4,6,9,16,19-20H,1-3,5,7-8,10-15,17H2,(H,27,32)(H2,25,26,31). The van der Waals surface area contributed by atoms with Crippen LogP contribution in [0.25, 0.3) is 0 Å². The van der Waals surface area contributed by atoms with Crippen molar-refractivity contribution in [2.75, 3.05) is 25.0 Å². The normalized spacial score (nSPS) is 20.3. The van der Waals surface area contributed by atoms with Gasteiger partial charge in [0.1, 0.15) is 0 Å². The molecule has 8 nitrogen and oxygen atoms in total. The van der Waals surface area contributed by atoms with Gasteiger partial charge in [-0.15, -0.1) is 0 Å². The van der Waals surface area contributed by atoms with Crippen LogP contribution in [-0.4, -0.2) is 59.5 Å². The number of carbonyl (C=O) groups is 3. The molecule has 2 saturated heterocycles. The van der Waals surface area contributed by atoms with Crippen LogP contribution < -0.4 is 16.0 Å². The van der Waals surface area contributed by atoms with Crippen LogP contribution in [0.4, 0.5) is 15.3 Å². The molecule has 1 aromatic carbocycles. The predicted molar refractivity (Wildman–Crippen MR) is 123 cm³/mol. The van der Waals surface area contributed by atoms with Gasteiger partial charge >= 0.3 is 12.1 Å². The first kappa shape index (κ1) is 22.4. The second kappa shape index (κ2) is 10.7. The van der Waals surface area contributed by atoms with Crippen LogP contribution in [-0.2, 0) is 11.3 Å². The molecule has 0 atom stereocenters. The SMILES string of the molecule is O=C(NC1CCCCC1)NC1CCN(C(=O)Nc2cccc(CN3CCCC3=O)c2)CC1. The summed E-state index contributed by atoms with van der Waals surface area (Å²) in [6.45, 7) is 2.62. The van der Waals surface area contributed by atoms with E-state index in [1.807, 2.05) is 29.2 Å². The van der Waals surface area contributed by atoms with Crippen LogP contribution in [0.2, 0.25) is 0 Å². The smallest absolute Gasteiger partial charge is 0.321 e. The summed E-state index contributed by atoms with van der Waals surface area (Å²) < 4.78 is 0. The number of urea groups is 2. The second-order valence-corrected chi connectivity index (χ2v) is 9.26. The zero-order chi connectivity index (χ0) is 22.3. The summed E-state index contributed by atoms with van der Waals surface area (Å²) in [5, 5.41) is 9.16. The fraction of sp³-hybridized carbons (Fsp3) is 0.625. The number of hydrogen-bond donors (Lipinski definition) is 3. The van der Waals surface area contributed by atoms with Crippen LogP contribution in [0.1, 0.15) is 63.4 Å². The molecule has 3 fully saturated rings. The molecule has 32 heavy (non-hydrogen) atoms. The maximum absolute atomic E-state index is 12.7. The molecule has 0 aromatic heterocycles. The Morgan fingerprint density at radius 3 is 2.31 bits per heavy atom. The maximum Gasteiger partial charge on any atom is 0.321 e. The number of amides is 5. The van der Waals surface area contributed by atoms with Gasteiger partial charge in [-0.25, -0.2) is 9.59 Å². The number of hydrogen-bond acceptors (Lipinski definition) is 3. The Morgan fingerprint density at radius 1 is 0.906 bits per heavy atom. The Hall–Kier alpha value is -2.77. The van der Waals surface area contributed by atoms with Crippen molar-refractivity contribution in [3.63, 3.8) is 0 Å². The highest BCUT2D eigenvalue weighted by Crippen LogP contribution is 2.19. The van der Waals surface area contributed by atoms with Gasteiger partial charge in [-0.2, -0.15) is 0 Å². The van der Waals surface area contributed by atoms with E-state index in [1.54, 1.807) is 4.90 Å². The molecule has 3 N–H and O–H groups in total. The first-order valence-electron chi connectivity index (χ1n) is 12.1. The number of likely N-dealkylation sites (tertiary alicyclic amines) is 2. The lowest BCUT2D eigenvalue weighted by Crippen LogP contribution is -2.51. The van der Waals surface area contributed by atoms with Gasteiger partial charge in [-0.05, 0) is 49.8 Å². The quantitative estimate of drug-likeness (QED) is 0.653. The molecular formula is C24H35N5O3. The topological polar surface area (TPSA) is 93.8 Å². The van der Waals surface area contributed by atoms with Gasteiger partial charge in [0.2, 0.25) is 5.91 Å². The highest BCUT2D eigenvalue weighted by atomic mass is 16.2. The van der Waals surface area contributed by atoms with E-state index in [9.17, 15) is 14.4 Å². The zero-order valence-corrected chi connectivity index (χ0v) is 18.8. The predicted octanol–water partition coefficient (Wildman–Crippen LogP) is 3.44. The molecular weight excluding hydrogens is 406 g/mol.